The van der Waals surface area contributed by atoms with Crippen LogP contribution >= 0.6 is 11.8 Å². The minimum absolute atomic E-state index is 0.737. The second-order valence-corrected chi connectivity index (χ2v) is 3.89. The summed E-state index contributed by atoms with van der Waals surface area (Å²) in [7, 11) is 0. The van der Waals surface area contributed by atoms with E-state index in [4.69, 9.17) is 5.73 Å². The van der Waals surface area contributed by atoms with Gasteiger partial charge in [0, 0.05) is 4.90 Å². The second kappa shape index (κ2) is 5.22. The summed E-state index contributed by atoms with van der Waals surface area (Å²) in [6.07, 6.45) is 0.989. The molecule has 1 rings (SSSR count). The Balaban J connectivity index is 2.77. The van der Waals surface area contributed by atoms with E-state index in [2.05, 4.69) is 31.2 Å². The molecular weight excluding hydrogens is 166 g/mol. The Hall–Kier alpha value is -0.470. The summed E-state index contributed by atoms with van der Waals surface area (Å²) in [5.74, 6) is 1.13. The number of benzene rings is 1. The first-order chi connectivity index (χ1) is 5.88. The largest absolute Gasteiger partial charge is 0.330 e. The van der Waals surface area contributed by atoms with Crippen LogP contribution < -0.4 is 5.73 Å². The van der Waals surface area contributed by atoms with Gasteiger partial charge in [-0.25, -0.2) is 0 Å². The van der Waals surface area contributed by atoms with Crippen molar-refractivity contribution in [3.05, 3.63) is 29.8 Å². The van der Waals surface area contributed by atoms with Crippen molar-refractivity contribution in [2.75, 3.05) is 12.3 Å². The molecule has 0 fully saturated rings. The van der Waals surface area contributed by atoms with Gasteiger partial charge in [-0.2, -0.15) is 0 Å². The molecule has 2 N–H and O–H groups in total. The van der Waals surface area contributed by atoms with Crippen LogP contribution in [-0.2, 0) is 6.42 Å². The molecule has 1 aromatic rings. The Morgan fingerprint density at radius 2 is 2.08 bits per heavy atom. The maximum atomic E-state index is 5.52. The minimum atomic E-state index is 0.737. The normalized spacial score (nSPS) is 10.2. The van der Waals surface area contributed by atoms with E-state index in [0.717, 1.165) is 18.7 Å². The van der Waals surface area contributed by atoms with Gasteiger partial charge in [-0.05, 0) is 30.3 Å². The van der Waals surface area contributed by atoms with E-state index in [-0.39, 0.29) is 0 Å². The van der Waals surface area contributed by atoms with Crippen LogP contribution in [0.1, 0.15) is 12.5 Å². The standard InChI is InChI=1S/C10H15NS/c1-2-12-10-6-4-3-5-9(10)7-8-11/h3-6H,2,7-8,11H2,1H3. The minimum Gasteiger partial charge on any atom is -0.330 e. The van der Waals surface area contributed by atoms with Crippen LogP contribution in [0.15, 0.2) is 29.2 Å². The highest BCUT2D eigenvalue weighted by molar-refractivity contribution is 7.99. The molecule has 0 radical (unpaired) electrons. The third-order valence-corrected chi connectivity index (χ3v) is 2.68. The fraction of sp³-hybridized carbons (Fsp3) is 0.400. The van der Waals surface area contributed by atoms with E-state index in [9.17, 15) is 0 Å². The van der Waals surface area contributed by atoms with Crippen LogP contribution in [0, 0.1) is 0 Å². The zero-order valence-corrected chi connectivity index (χ0v) is 8.23. The highest BCUT2D eigenvalue weighted by Crippen LogP contribution is 2.22. The summed E-state index contributed by atoms with van der Waals surface area (Å²) in [6.45, 7) is 2.91. The Labute approximate surface area is 78.4 Å². The van der Waals surface area contributed by atoms with Gasteiger partial charge in [-0.1, -0.05) is 25.1 Å². The average Bonchev–Trinajstić information content (AvgIpc) is 2.09. The molecule has 66 valence electrons. The molecule has 0 spiro atoms. The Bertz CT molecular complexity index is 210. The summed E-state index contributed by atoms with van der Waals surface area (Å²) in [4.78, 5) is 1.38. The first-order valence-electron chi connectivity index (χ1n) is 4.29. The molecule has 0 unspecified atom stereocenters. The zero-order chi connectivity index (χ0) is 8.81. The van der Waals surface area contributed by atoms with Crippen LogP contribution in [-0.4, -0.2) is 12.3 Å². The lowest BCUT2D eigenvalue weighted by molar-refractivity contribution is 0.944. The van der Waals surface area contributed by atoms with Crippen LogP contribution in [0.4, 0.5) is 0 Å². The smallest absolute Gasteiger partial charge is 0.0104 e. The van der Waals surface area contributed by atoms with E-state index >= 15 is 0 Å². The average molecular weight is 181 g/mol. The molecule has 0 heterocycles. The molecule has 0 aromatic heterocycles. The van der Waals surface area contributed by atoms with Crippen molar-refractivity contribution in [1.29, 1.82) is 0 Å². The maximum Gasteiger partial charge on any atom is 0.0104 e. The van der Waals surface area contributed by atoms with E-state index in [1.165, 1.54) is 10.5 Å². The van der Waals surface area contributed by atoms with Crippen molar-refractivity contribution in [2.24, 2.45) is 5.73 Å². The highest BCUT2D eigenvalue weighted by atomic mass is 32.2. The molecule has 0 atom stereocenters. The van der Waals surface area contributed by atoms with Gasteiger partial charge in [-0.15, -0.1) is 11.8 Å². The van der Waals surface area contributed by atoms with E-state index in [0.29, 0.717) is 0 Å². The molecule has 1 nitrogen and oxygen atoms in total. The first-order valence-corrected chi connectivity index (χ1v) is 5.27. The molecule has 0 bridgehead atoms. The Kier molecular flexibility index (Phi) is 4.19. The number of hydrogen-bond donors (Lipinski definition) is 1. The lowest BCUT2D eigenvalue weighted by atomic mass is 10.1. The fourth-order valence-electron chi connectivity index (χ4n) is 1.16. The predicted molar refractivity (Wildman–Crippen MR) is 55.6 cm³/mol. The van der Waals surface area contributed by atoms with Crippen molar-refractivity contribution in [2.45, 2.75) is 18.2 Å². The molecule has 1 aromatic carbocycles. The molecular formula is C10H15NS. The lowest BCUT2D eigenvalue weighted by Crippen LogP contribution is -2.03. The van der Waals surface area contributed by atoms with E-state index in [1.54, 1.807) is 0 Å². The number of rotatable bonds is 4. The van der Waals surface area contributed by atoms with Crippen LogP contribution in [0.3, 0.4) is 0 Å². The van der Waals surface area contributed by atoms with E-state index in [1.807, 2.05) is 11.8 Å². The van der Waals surface area contributed by atoms with Gasteiger partial charge >= 0.3 is 0 Å². The Morgan fingerprint density at radius 3 is 2.75 bits per heavy atom. The third kappa shape index (κ3) is 2.54. The zero-order valence-electron chi connectivity index (χ0n) is 7.42. The number of hydrogen-bond acceptors (Lipinski definition) is 2. The number of nitrogens with two attached hydrogens (primary N) is 1. The van der Waals surface area contributed by atoms with Gasteiger partial charge < -0.3 is 5.73 Å². The second-order valence-electron chi connectivity index (χ2n) is 2.58. The van der Waals surface area contributed by atoms with E-state index < -0.39 is 0 Å². The summed E-state index contributed by atoms with van der Waals surface area (Å²) < 4.78 is 0. The summed E-state index contributed by atoms with van der Waals surface area (Å²) in [6, 6.07) is 8.48. The molecule has 0 amide bonds. The molecule has 2 heteroatoms. The molecule has 0 aliphatic heterocycles. The van der Waals surface area contributed by atoms with Crippen molar-refractivity contribution in [3.63, 3.8) is 0 Å². The molecule has 0 saturated carbocycles. The molecule has 12 heavy (non-hydrogen) atoms. The van der Waals surface area contributed by atoms with Gasteiger partial charge in [0.25, 0.3) is 0 Å². The molecule has 0 aliphatic rings. The topological polar surface area (TPSA) is 26.0 Å². The summed E-state index contributed by atoms with van der Waals surface area (Å²) in [5, 5.41) is 0. The van der Waals surface area contributed by atoms with Gasteiger partial charge in [-0.3, -0.25) is 0 Å². The maximum absolute atomic E-state index is 5.52. The SMILES string of the molecule is CCSc1ccccc1CCN. The summed E-state index contributed by atoms with van der Waals surface area (Å²) in [5.41, 5.74) is 6.90. The predicted octanol–water partition coefficient (Wildman–Crippen LogP) is 2.30. The quantitative estimate of drug-likeness (QED) is 0.721. The van der Waals surface area contributed by atoms with Crippen molar-refractivity contribution in [3.8, 4) is 0 Å². The van der Waals surface area contributed by atoms with Crippen LogP contribution in [0.25, 0.3) is 0 Å². The first kappa shape index (κ1) is 9.62. The van der Waals surface area contributed by atoms with Crippen molar-refractivity contribution >= 4 is 11.8 Å². The number of thioether (sulfide) groups is 1. The Morgan fingerprint density at radius 1 is 1.33 bits per heavy atom. The monoisotopic (exact) mass is 181 g/mol. The van der Waals surface area contributed by atoms with Gasteiger partial charge in [0.15, 0.2) is 0 Å². The highest BCUT2D eigenvalue weighted by Gasteiger charge is 1.98. The fourth-order valence-corrected chi connectivity index (χ4v) is 2.00. The van der Waals surface area contributed by atoms with Gasteiger partial charge in [0.05, 0.1) is 0 Å². The molecule has 0 saturated heterocycles. The lowest BCUT2D eigenvalue weighted by Gasteiger charge is -2.05. The van der Waals surface area contributed by atoms with Crippen LogP contribution in [0.2, 0.25) is 0 Å². The van der Waals surface area contributed by atoms with Gasteiger partial charge in [0.2, 0.25) is 0 Å². The molecule has 0 aliphatic carbocycles. The summed E-state index contributed by atoms with van der Waals surface area (Å²) >= 11 is 1.89. The van der Waals surface area contributed by atoms with Crippen LogP contribution in [0.5, 0.6) is 0 Å². The van der Waals surface area contributed by atoms with Crippen molar-refractivity contribution in [1.82, 2.24) is 0 Å². The van der Waals surface area contributed by atoms with Crippen molar-refractivity contribution < 1.29 is 0 Å². The third-order valence-electron chi connectivity index (χ3n) is 1.69. The van der Waals surface area contributed by atoms with Gasteiger partial charge in [0.1, 0.15) is 0 Å².